The fourth-order valence-corrected chi connectivity index (χ4v) is 3.46. The van der Waals surface area contributed by atoms with Gasteiger partial charge in [-0.15, -0.1) is 0 Å². The van der Waals surface area contributed by atoms with Gasteiger partial charge >= 0.3 is 0 Å². The lowest BCUT2D eigenvalue weighted by molar-refractivity contribution is -0.134. The van der Waals surface area contributed by atoms with Crippen molar-refractivity contribution in [3.8, 4) is 5.69 Å². The Morgan fingerprint density at radius 1 is 1.07 bits per heavy atom. The number of nitrogens with one attached hydrogen (secondary N) is 1. The van der Waals surface area contributed by atoms with Crippen LogP contribution >= 0.6 is 0 Å². The van der Waals surface area contributed by atoms with E-state index in [0.717, 1.165) is 27.8 Å². The Morgan fingerprint density at radius 2 is 1.75 bits per heavy atom. The van der Waals surface area contributed by atoms with Crippen molar-refractivity contribution in [2.45, 2.75) is 38.9 Å². The second-order valence-corrected chi connectivity index (χ2v) is 7.18. The molecule has 1 aliphatic heterocycles. The number of aromatic nitrogens is 2. The van der Waals surface area contributed by atoms with Gasteiger partial charge in [0.1, 0.15) is 12.2 Å². The lowest BCUT2D eigenvalue weighted by atomic mass is 10.2. The zero-order chi connectivity index (χ0) is 19.8. The average Bonchev–Trinajstić information content (AvgIpc) is 3.27. The molecule has 4 rings (SSSR count). The van der Waals surface area contributed by atoms with E-state index in [1.54, 1.807) is 0 Å². The maximum Gasteiger partial charge on any atom is 0.255 e. The van der Waals surface area contributed by atoms with Crippen molar-refractivity contribution in [1.29, 1.82) is 0 Å². The standard InChI is InChI=1S/C21H22N4O3/c1-12-3-6-14(7-4-12)25-16-8-5-13(2)11-15(16)23-21(25)24-20(27)18-10-9-17(28-18)19(22)26/h3-8,11,17-18H,9-10H2,1-2H3,(H2,22,26)(H,23,24,27)/t17-,18+/m1/s1. The smallest absolute Gasteiger partial charge is 0.255 e. The molecule has 2 atom stereocenters. The molecule has 2 amide bonds. The molecule has 0 spiro atoms. The molecule has 3 aromatic rings. The quantitative estimate of drug-likeness (QED) is 0.729. The first-order chi connectivity index (χ1) is 13.4. The van der Waals surface area contributed by atoms with Crippen molar-refractivity contribution in [3.05, 3.63) is 53.6 Å². The van der Waals surface area contributed by atoms with Crippen molar-refractivity contribution in [2.75, 3.05) is 5.32 Å². The van der Waals surface area contributed by atoms with E-state index in [-0.39, 0.29) is 5.91 Å². The van der Waals surface area contributed by atoms with Crippen LogP contribution in [0, 0.1) is 13.8 Å². The van der Waals surface area contributed by atoms with Gasteiger partial charge in [-0.1, -0.05) is 23.8 Å². The van der Waals surface area contributed by atoms with Crippen LogP contribution in [0.3, 0.4) is 0 Å². The third kappa shape index (κ3) is 3.36. The Hall–Kier alpha value is -3.19. The van der Waals surface area contributed by atoms with Gasteiger partial charge < -0.3 is 10.5 Å². The Labute approximate surface area is 162 Å². The van der Waals surface area contributed by atoms with Crippen LogP contribution in [-0.4, -0.2) is 33.6 Å². The number of ether oxygens (including phenoxy) is 1. The number of carbonyl (C=O) groups is 2. The molecular formula is C21H22N4O3. The van der Waals surface area contributed by atoms with Crippen molar-refractivity contribution >= 4 is 28.8 Å². The topological polar surface area (TPSA) is 99.2 Å². The summed E-state index contributed by atoms with van der Waals surface area (Å²) in [6.07, 6.45) is -0.538. The summed E-state index contributed by atoms with van der Waals surface area (Å²) in [6.45, 7) is 4.02. The summed E-state index contributed by atoms with van der Waals surface area (Å²) in [5.74, 6) is -0.456. The number of aryl methyl sites for hydroxylation is 2. The van der Waals surface area contributed by atoms with Gasteiger partial charge in [0.15, 0.2) is 0 Å². The van der Waals surface area contributed by atoms with Gasteiger partial charge in [-0.25, -0.2) is 4.98 Å². The minimum Gasteiger partial charge on any atom is -0.367 e. The highest BCUT2D eigenvalue weighted by atomic mass is 16.5. The molecule has 7 nitrogen and oxygen atoms in total. The van der Waals surface area contributed by atoms with Crippen molar-refractivity contribution in [1.82, 2.24) is 9.55 Å². The molecule has 0 unspecified atom stereocenters. The van der Waals surface area contributed by atoms with Crippen molar-refractivity contribution in [3.63, 3.8) is 0 Å². The van der Waals surface area contributed by atoms with Gasteiger partial charge in [0, 0.05) is 5.69 Å². The number of benzene rings is 2. The molecule has 2 aromatic carbocycles. The Morgan fingerprint density at radius 3 is 2.43 bits per heavy atom. The molecular weight excluding hydrogens is 356 g/mol. The first-order valence-corrected chi connectivity index (χ1v) is 9.24. The summed E-state index contributed by atoms with van der Waals surface area (Å²) in [5.41, 5.74) is 10.1. The molecule has 0 bridgehead atoms. The highest BCUT2D eigenvalue weighted by Crippen LogP contribution is 2.27. The highest BCUT2D eigenvalue weighted by Gasteiger charge is 2.34. The Kier molecular flexibility index (Phi) is 4.60. The molecule has 1 fully saturated rings. The lowest BCUT2D eigenvalue weighted by Crippen LogP contribution is -2.33. The van der Waals surface area contributed by atoms with Gasteiger partial charge in [-0.2, -0.15) is 0 Å². The van der Waals surface area contributed by atoms with Crippen LogP contribution in [0.4, 0.5) is 5.95 Å². The number of anilines is 1. The summed E-state index contributed by atoms with van der Waals surface area (Å²) >= 11 is 0. The zero-order valence-electron chi connectivity index (χ0n) is 15.8. The number of amides is 2. The molecule has 1 aliphatic rings. The monoisotopic (exact) mass is 378 g/mol. The predicted octanol–water partition coefficient (Wildman–Crippen LogP) is 2.61. The minimum atomic E-state index is -0.717. The van der Waals surface area contributed by atoms with E-state index in [4.69, 9.17) is 10.5 Å². The molecule has 1 aromatic heterocycles. The van der Waals surface area contributed by atoms with Gasteiger partial charge in [0.05, 0.1) is 11.0 Å². The van der Waals surface area contributed by atoms with Crippen LogP contribution in [0.2, 0.25) is 0 Å². The fourth-order valence-electron chi connectivity index (χ4n) is 3.46. The van der Waals surface area contributed by atoms with E-state index >= 15 is 0 Å². The molecule has 0 saturated carbocycles. The molecule has 144 valence electrons. The number of hydrogen-bond donors (Lipinski definition) is 2. The van der Waals surface area contributed by atoms with Gasteiger partial charge in [-0.3, -0.25) is 19.5 Å². The number of hydrogen-bond acceptors (Lipinski definition) is 4. The SMILES string of the molecule is Cc1ccc(-n2c(NC(=O)[C@@H]3CC[C@H](C(N)=O)O3)nc3cc(C)ccc32)cc1. The van der Waals surface area contributed by atoms with E-state index in [9.17, 15) is 9.59 Å². The van der Waals surface area contributed by atoms with Gasteiger partial charge in [-0.05, 0) is 56.5 Å². The average molecular weight is 378 g/mol. The molecule has 7 heteroatoms. The van der Waals surface area contributed by atoms with Crippen LogP contribution in [0.15, 0.2) is 42.5 Å². The lowest BCUT2D eigenvalue weighted by Gasteiger charge is -2.14. The number of rotatable bonds is 4. The molecule has 1 saturated heterocycles. The second kappa shape index (κ2) is 7.09. The second-order valence-electron chi connectivity index (χ2n) is 7.18. The molecule has 0 radical (unpaired) electrons. The van der Waals surface area contributed by atoms with Gasteiger partial charge in [0.2, 0.25) is 11.9 Å². The number of primary amides is 1. The van der Waals surface area contributed by atoms with E-state index in [1.165, 1.54) is 0 Å². The van der Waals surface area contributed by atoms with E-state index in [2.05, 4.69) is 10.3 Å². The third-order valence-corrected chi connectivity index (χ3v) is 4.97. The first-order valence-electron chi connectivity index (χ1n) is 9.24. The predicted molar refractivity (Wildman–Crippen MR) is 106 cm³/mol. The molecule has 0 aliphatic carbocycles. The Bertz CT molecular complexity index is 1060. The summed E-state index contributed by atoms with van der Waals surface area (Å²) in [7, 11) is 0. The number of fused-ring (bicyclic) bond motifs is 1. The van der Waals surface area contributed by atoms with Crippen LogP contribution in [-0.2, 0) is 14.3 Å². The maximum atomic E-state index is 12.7. The van der Waals surface area contributed by atoms with E-state index in [0.29, 0.717) is 18.8 Å². The normalized spacial score (nSPS) is 19.1. The minimum absolute atomic E-state index is 0.330. The van der Waals surface area contributed by atoms with Crippen LogP contribution in [0.25, 0.3) is 16.7 Å². The van der Waals surface area contributed by atoms with E-state index < -0.39 is 18.1 Å². The Balaban J connectivity index is 1.70. The fraction of sp³-hybridized carbons (Fsp3) is 0.286. The number of imidazole rings is 1. The number of carbonyl (C=O) groups excluding carboxylic acids is 2. The zero-order valence-corrected chi connectivity index (χ0v) is 15.8. The summed E-state index contributed by atoms with van der Waals surface area (Å²) in [4.78, 5) is 28.6. The maximum absolute atomic E-state index is 12.7. The van der Waals surface area contributed by atoms with E-state index in [1.807, 2.05) is 60.9 Å². The van der Waals surface area contributed by atoms with Crippen molar-refractivity contribution < 1.29 is 14.3 Å². The third-order valence-electron chi connectivity index (χ3n) is 4.97. The van der Waals surface area contributed by atoms with Crippen molar-refractivity contribution in [2.24, 2.45) is 5.73 Å². The highest BCUT2D eigenvalue weighted by molar-refractivity contribution is 5.96. The number of nitrogens with two attached hydrogens (primary N) is 1. The van der Waals surface area contributed by atoms with Crippen LogP contribution in [0.5, 0.6) is 0 Å². The van der Waals surface area contributed by atoms with Gasteiger partial charge in [0.25, 0.3) is 5.91 Å². The molecule has 2 heterocycles. The number of nitrogens with zero attached hydrogens (tertiary/aromatic N) is 2. The van der Waals surface area contributed by atoms with Crippen LogP contribution < -0.4 is 11.1 Å². The summed E-state index contributed by atoms with van der Waals surface area (Å²) in [5, 5.41) is 2.87. The van der Waals surface area contributed by atoms with Crippen LogP contribution in [0.1, 0.15) is 24.0 Å². The summed E-state index contributed by atoms with van der Waals surface area (Å²) < 4.78 is 7.40. The first kappa shape index (κ1) is 18.2. The summed E-state index contributed by atoms with van der Waals surface area (Å²) in [6, 6.07) is 14.0. The largest absolute Gasteiger partial charge is 0.367 e. The molecule has 28 heavy (non-hydrogen) atoms. The molecule has 3 N–H and O–H groups in total.